The van der Waals surface area contributed by atoms with Crippen LogP contribution in [0.4, 0.5) is 0 Å². The van der Waals surface area contributed by atoms with E-state index in [2.05, 4.69) is 27.6 Å². The Morgan fingerprint density at radius 3 is 2.21 bits per heavy atom. The van der Waals surface area contributed by atoms with Gasteiger partial charge >= 0.3 is 5.97 Å². The van der Waals surface area contributed by atoms with Crippen LogP contribution < -0.4 is 0 Å². The highest BCUT2D eigenvalue weighted by Gasteiger charge is 2.15. The zero-order chi connectivity index (χ0) is 17.4. The zero-order valence-corrected chi connectivity index (χ0v) is 18.1. The van der Waals surface area contributed by atoms with E-state index in [1.807, 2.05) is 6.08 Å². The Hall–Kier alpha value is -0.350. The van der Waals surface area contributed by atoms with Crippen LogP contribution in [0.3, 0.4) is 0 Å². The summed E-state index contributed by atoms with van der Waals surface area (Å²) in [7, 11) is 4.44. The third-order valence-corrected chi connectivity index (χ3v) is 4.37. The number of unbranched alkanes of at least 4 members (excludes halogenated alkanes) is 8. The number of carbonyl (C=O) groups is 1. The topological polar surface area (TPSA) is 26.3 Å². The molecule has 0 aromatic rings. The first-order chi connectivity index (χ1) is 11.0. The Bertz CT molecular complexity index is 306. The van der Waals surface area contributed by atoms with Gasteiger partial charge in [-0.1, -0.05) is 45.1 Å². The highest BCUT2D eigenvalue weighted by molar-refractivity contribution is 8.93. The summed E-state index contributed by atoms with van der Waals surface area (Å²) in [6, 6.07) is 0. The van der Waals surface area contributed by atoms with Crippen LogP contribution in [0.5, 0.6) is 0 Å². The Kier molecular flexibility index (Phi) is 18.8. The van der Waals surface area contributed by atoms with E-state index in [-0.39, 0.29) is 23.0 Å². The number of quaternary nitrogens is 1. The summed E-state index contributed by atoms with van der Waals surface area (Å²) in [5.41, 5.74) is 0. The normalized spacial score (nSPS) is 11.0. The molecule has 4 heteroatoms. The average molecular weight is 407 g/mol. The van der Waals surface area contributed by atoms with Gasteiger partial charge in [-0.2, -0.15) is 0 Å². The van der Waals surface area contributed by atoms with Gasteiger partial charge in [-0.25, -0.2) is 0 Å². The standard InChI is InChI=1S/C20H40NO2.BrH/c1-5-7-9-10-11-12-13-14-16-20(22)23-19-18-21(3,4)17-15-8-6-2;/h5H,1,6-19H2,2-4H3;1H/q+1;. The summed E-state index contributed by atoms with van der Waals surface area (Å²) in [5.74, 6) is -0.0229. The maximum Gasteiger partial charge on any atom is 0.305 e. The largest absolute Gasteiger partial charge is 0.460 e. The van der Waals surface area contributed by atoms with Crippen molar-refractivity contribution >= 4 is 23.0 Å². The van der Waals surface area contributed by atoms with Crippen molar-refractivity contribution in [2.75, 3.05) is 33.8 Å². The average Bonchev–Trinajstić information content (AvgIpc) is 2.50. The van der Waals surface area contributed by atoms with Crippen molar-refractivity contribution < 1.29 is 14.0 Å². The highest BCUT2D eigenvalue weighted by Crippen LogP contribution is 2.09. The predicted octanol–water partition coefficient (Wildman–Crippen LogP) is 5.68. The second-order valence-electron chi connectivity index (χ2n) is 7.26. The third kappa shape index (κ3) is 18.0. The van der Waals surface area contributed by atoms with Crippen LogP contribution in [0.2, 0.25) is 0 Å². The lowest BCUT2D eigenvalue weighted by atomic mass is 10.1. The first-order valence-electron chi connectivity index (χ1n) is 9.60. The fourth-order valence-corrected chi connectivity index (χ4v) is 2.65. The molecule has 0 radical (unpaired) electrons. The Balaban J connectivity index is 0. The lowest BCUT2D eigenvalue weighted by molar-refractivity contribution is -0.890. The smallest absolute Gasteiger partial charge is 0.305 e. The number of carbonyl (C=O) groups excluding carboxylic acids is 1. The number of halogens is 1. The Morgan fingerprint density at radius 1 is 0.958 bits per heavy atom. The molecule has 24 heavy (non-hydrogen) atoms. The van der Waals surface area contributed by atoms with Gasteiger partial charge in [0, 0.05) is 6.42 Å². The van der Waals surface area contributed by atoms with Gasteiger partial charge in [-0.05, 0) is 32.1 Å². The minimum absolute atomic E-state index is 0. The summed E-state index contributed by atoms with van der Waals surface area (Å²) >= 11 is 0. The Labute approximate surface area is 161 Å². The van der Waals surface area contributed by atoms with E-state index < -0.39 is 0 Å². The van der Waals surface area contributed by atoms with Crippen LogP contribution in [0.25, 0.3) is 0 Å². The van der Waals surface area contributed by atoms with Crippen LogP contribution in [-0.4, -0.2) is 44.2 Å². The monoisotopic (exact) mass is 406 g/mol. The molecule has 0 fully saturated rings. The van der Waals surface area contributed by atoms with Gasteiger partial charge in [-0.3, -0.25) is 4.79 Å². The summed E-state index contributed by atoms with van der Waals surface area (Å²) in [4.78, 5) is 11.7. The van der Waals surface area contributed by atoms with E-state index in [0.29, 0.717) is 13.0 Å². The minimum Gasteiger partial charge on any atom is -0.460 e. The zero-order valence-electron chi connectivity index (χ0n) is 16.4. The first-order valence-corrected chi connectivity index (χ1v) is 9.60. The lowest BCUT2D eigenvalue weighted by Gasteiger charge is -2.29. The molecule has 0 rings (SSSR count). The molecule has 0 atom stereocenters. The molecule has 144 valence electrons. The molecule has 0 aromatic carbocycles. The molecule has 0 spiro atoms. The van der Waals surface area contributed by atoms with Crippen LogP contribution in [-0.2, 0) is 9.53 Å². The number of hydrogen-bond acceptors (Lipinski definition) is 2. The van der Waals surface area contributed by atoms with Crippen molar-refractivity contribution in [3.63, 3.8) is 0 Å². The van der Waals surface area contributed by atoms with Crippen LogP contribution in [0.15, 0.2) is 12.7 Å². The van der Waals surface area contributed by atoms with Crippen molar-refractivity contribution in [1.82, 2.24) is 0 Å². The summed E-state index contributed by atoms with van der Waals surface area (Å²) in [5, 5.41) is 0. The number of esters is 1. The van der Waals surface area contributed by atoms with Gasteiger partial charge in [0.05, 0.1) is 20.6 Å². The summed E-state index contributed by atoms with van der Waals surface area (Å²) in [6.07, 6.45) is 14.6. The molecule has 0 N–H and O–H groups in total. The molecule has 0 aliphatic carbocycles. The Morgan fingerprint density at radius 2 is 1.58 bits per heavy atom. The molecule has 0 aromatic heterocycles. The van der Waals surface area contributed by atoms with E-state index >= 15 is 0 Å². The quantitative estimate of drug-likeness (QED) is 0.142. The molecular formula is C20H41BrNO2+. The number of nitrogens with zero attached hydrogens (tertiary/aromatic N) is 1. The molecule has 0 heterocycles. The van der Waals surface area contributed by atoms with Gasteiger partial charge in [0.25, 0.3) is 0 Å². The molecule has 0 saturated carbocycles. The number of likely N-dealkylation sites (N-methyl/N-ethyl adjacent to an activating group) is 1. The van der Waals surface area contributed by atoms with Crippen LogP contribution in [0, 0.1) is 0 Å². The van der Waals surface area contributed by atoms with Gasteiger partial charge in [0.1, 0.15) is 13.2 Å². The molecule has 0 aliphatic heterocycles. The number of rotatable bonds is 16. The first kappa shape index (κ1) is 25.9. The number of allylic oxidation sites excluding steroid dienone is 1. The van der Waals surface area contributed by atoms with Gasteiger partial charge in [0.2, 0.25) is 0 Å². The van der Waals surface area contributed by atoms with Crippen LogP contribution >= 0.6 is 17.0 Å². The van der Waals surface area contributed by atoms with Crippen molar-refractivity contribution in [2.45, 2.75) is 77.6 Å². The van der Waals surface area contributed by atoms with Gasteiger partial charge in [-0.15, -0.1) is 23.6 Å². The second kappa shape index (κ2) is 17.5. The van der Waals surface area contributed by atoms with E-state index in [1.54, 1.807) is 0 Å². The van der Waals surface area contributed by atoms with E-state index in [9.17, 15) is 4.79 Å². The molecule has 0 saturated heterocycles. The van der Waals surface area contributed by atoms with E-state index in [1.165, 1.54) is 44.9 Å². The van der Waals surface area contributed by atoms with Crippen molar-refractivity contribution in [1.29, 1.82) is 0 Å². The number of ether oxygens (including phenoxy) is 1. The predicted molar refractivity (Wildman–Crippen MR) is 110 cm³/mol. The maximum absolute atomic E-state index is 11.7. The van der Waals surface area contributed by atoms with E-state index in [4.69, 9.17) is 4.74 Å². The van der Waals surface area contributed by atoms with Crippen molar-refractivity contribution in [2.24, 2.45) is 0 Å². The number of hydrogen-bond donors (Lipinski definition) is 0. The molecule has 3 nitrogen and oxygen atoms in total. The van der Waals surface area contributed by atoms with Crippen molar-refractivity contribution in [3.8, 4) is 0 Å². The molecule has 0 unspecified atom stereocenters. The third-order valence-electron chi connectivity index (χ3n) is 4.37. The lowest BCUT2D eigenvalue weighted by Crippen LogP contribution is -2.43. The molecule has 0 aliphatic rings. The molecule has 0 amide bonds. The fraction of sp³-hybridized carbons (Fsp3) is 0.850. The van der Waals surface area contributed by atoms with Gasteiger partial charge in [0.15, 0.2) is 0 Å². The maximum atomic E-state index is 11.7. The summed E-state index contributed by atoms with van der Waals surface area (Å²) in [6.45, 7) is 8.59. The second-order valence-corrected chi connectivity index (χ2v) is 7.26. The SMILES string of the molecule is Br.C=CCCCCCCCCC(=O)OCC[N+](C)(C)CCCCC. The minimum atomic E-state index is -0.0229. The van der Waals surface area contributed by atoms with Crippen molar-refractivity contribution in [3.05, 3.63) is 12.7 Å². The van der Waals surface area contributed by atoms with Crippen LogP contribution in [0.1, 0.15) is 77.6 Å². The highest BCUT2D eigenvalue weighted by atomic mass is 79.9. The molecular weight excluding hydrogens is 366 g/mol. The summed E-state index contributed by atoms with van der Waals surface area (Å²) < 4.78 is 6.32. The van der Waals surface area contributed by atoms with Gasteiger partial charge < -0.3 is 9.22 Å². The fourth-order valence-electron chi connectivity index (χ4n) is 2.65. The van der Waals surface area contributed by atoms with E-state index in [0.717, 1.165) is 36.8 Å². The molecule has 0 bridgehead atoms.